The number of methoxy groups -OCH3 is 1. The van der Waals surface area contributed by atoms with Crippen LogP contribution in [0.5, 0.6) is 5.75 Å². The van der Waals surface area contributed by atoms with Gasteiger partial charge in [-0.3, -0.25) is 14.4 Å². The van der Waals surface area contributed by atoms with Gasteiger partial charge in [0.05, 0.1) is 42.9 Å². The predicted molar refractivity (Wildman–Crippen MR) is 139 cm³/mol. The van der Waals surface area contributed by atoms with Crippen molar-refractivity contribution in [2.24, 2.45) is 17.8 Å². The summed E-state index contributed by atoms with van der Waals surface area (Å²) in [6.45, 7) is 9.69. The number of ether oxygens (including phenoxy) is 2. The summed E-state index contributed by atoms with van der Waals surface area (Å²) < 4.78 is 9.91. The first-order chi connectivity index (χ1) is 17.2. The third-order valence-electron chi connectivity index (χ3n) is 7.81. The van der Waals surface area contributed by atoms with Crippen molar-refractivity contribution in [1.82, 2.24) is 4.90 Å². The summed E-state index contributed by atoms with van der Waals surface area (Å²) in [5.41, 5.74) is 0.664. The van der Waals surface area contributed by atoms with Crippen molar-refractivity contribution in [2.45, 2.75) is 55.7 Å². The van der Waals surface area contributed by atoms with Gasteiger partial charge in [-0.2, -0.15) is 0 Å². The van der Waals surface area contributed by atoms with Crippen LogP contribution in [0, 0.1) is 17.8 Å². The Balaban J connectivity index is 1.81. The highest BCUT2D eigenvalue weighted by atomic mass is 32.2. The average molecular weight is 517 g/mol. The quantitative estimate of drug-likeness (QED) is 0.377. The third kappa shape index (κ3) is 4.10. The molecule has 8 nitrogen and oxygen atoms in total. The summed E-state index contributed by atoms with van der Waals surface area (Å²) in [6.07, 6.45) is 3.05. The van der Waals surface area contributed by atoms with Gasteiger partial charge in [0.1, 0.15) is 11.8 Å². The molecule has 0 aromatic heterocycles. The van der Waals surface area contributed by atoms with Crippen LogP contribution in [-0.4, -0.2) is 76.7 Å². The van der Waals surface area contributed by atoms with Crippen LogP contribution in [0.4, 0.5) is 5.69 Å². The minimum Gasteiger partial charge on any atom is -0.497 e. The van der Waals surface area contributed by atoms with Crippen LogP contribution in [0.25, 0.3) is 0 Å². The van der Waals surface area contributed by atoms with Gasteiger partial charge in [-0.05, 0) is 49.9 Å². The van der Waals surface area contributed by atoms with Crippen molar-refractivity contribution in [3.63, 3.8) is 0 Å². The minimum atomic E-state index is -0.814. The van der Waals surface area contributed by atoms with E-state index in [0.717, 1.165) is 6.42 Å². The molecule has 4 rings (SSSR count). The molecular formula is C27H36N2O6S. The van der Waals surface area contributed by atoms with Gasteiger partial charge in [-0.25, -0.2) is 0 Å². The summed E-state index contributed by atoms with van der Waals surface area (Å²) in [4.78, 5) is 44.8. The lowest BCUT2D eigenvalue weighted by molar-refractivity contribution is -0.154. The van der Waals surface area contributed by atoms with E-state index in [2.05, 4.69) is 6.58 Å². The predicted octanol–water partition coefficient (Wildman–Crippen LogP) is 2.89. The highest BCUT2D eigenvalue weighted by Crippen LogP contribution is 2.67. The molecule has 3 fully saturated rings. The van der Waals surface area contributed by atoms with Gasteiger partial charge in [0.25, 0.3) is 5.91 Å². The lowest BCUT2D eigenvalue weighted by Gasteiger charge is -2.40. The summed E-state index contributed by atoms with van der Waals surface area (Å²) >= 11 is 1.59. The molecule has 3 saturated heterocycles. The van der Waals surface area contributed by atoms with E-state index in [0.29, 0.717) is 17.9 Å². The SMILES string of the molecule is C=CCN(C(=O)C1N([C@@H](CO)C(C)C)C(=O)[C@@H]2[C@@H](C(=O)OCC)[C@H]3CCC12S3)c1ccc(OC)cc1. The van der Waals surface area contributed by atoms with Crippen molar-refractivity contribution in [3.05, 3.63) is 36.9 Å². The summed E-state index contributed by atoms with van der Waals surface area (Å²) in [7, 11) is 1.58. The fraction of sp³-hybridized carbons (Fsp3) is 0.593. The van der Waals surface area contributed by atoms with Gasteiger partial charge in [-0.15, -0.1) is 18.3 Å². The van der Waals surface area contributed by atoms with Crippen molar-refractivity contribution in [1.29, 1.82) is 0 Å². The molecule has 0 saturated carbocycles. The van der Waals surface area contributed by atoms with E-state index < -0.39 is 28.7 Å². The molecule has 1 aromatic carbocycles. The van der Waals surface area contributed by atoms with Crippen LogP contribution in [0.1, 0.15) is 33.6 Å². The van der Waals surface area contributed by atoms with Crippen LogP contribution in [0.3, 0.4) is 0 Å². The smallest absolute Gasteiger partial charge is 0.310 e. The van der Waals surface area contributed by atoms with Crippen molar-refractivity contribution in [3.8, 4) is 5.75 Å². The Kier molecular flexibility index (Phi) is 7.71. The zero-order chi connectivity index (χ0) is 26.2. The van der Waals surface area contributed by atoms with Gasteiger partial charge in [0.15, 0.2) is 0 Å². The second kappa shape index (κ2) is 10.5. The highest BCUT2D eigenvalue weighted by molar-refractivity contribution is 8.02. The van der Waals surface area contributed by atoms with Gasteiger partial charge >= 0.3 is 5.97 Å². The molecular weight excluding hydrogens is 480 g/mol. The lowest BCUT2D eigenvalue weighted by atomic mass is 9.71. The molecule has 1 aromatic rings. The number of carbonyl (C=O) groups is 3. The number of likely N-dealkylation sites (tertiary alicyclic amines) is 1. The van der Waals surface area contributed by atoms with Gasteiger partial charge in [0, 0.05) is 17.5 Å². The Morgan fingerprint density at radius 3 is 2.58 bits per heavy atom. The molecule has 6 atom stereocenters. The second-order valence-corrected chi connectivity index (χ2v) is 11.6. The standard InChI is InChI=1S/C27H36N2O6S/c1-6-14-28(17-8-10-18(34-5)11-9-17)25(32)23-27-13-12-20(36-27)21(26(33)35-7-2)22(27)24(31)29(23)19(15-30)16(3)4/h6,8-11,16,19-23,30H,1,7,12-15H2,2-5H3/t19-,20+,21-,22-,23?,27?/m0/s1. The van der Waals surface area contributed by atoms with Crippen LogP contribution in [0.2, 0.25) is 0 Å². The molecule has 3 heterocycles. The average Bonchev–Trinajstić information content (AvgIpc) is 3.50. The Bertz CT molecular complexity index is 1010. The van der Waals surface area contributed by atoms with E-state index in [4.69, 9.17) is 9.47 Å². The number of aliphatic hydroxyl groups is 1. The van der Waals surface area contributed by atoms with E-state index in [1.54, 1.807) is 53.8 Å². The topological polar surface area (TPSA) is 96.4 Å². The van der Waals surface area contributed by atoms with Gasteiger partial charge < -0.3 is 24.4 Å². The van der Waals surface area contributed by atoms with Crippen molar-refractivity contribution >= 4 is 35.2 Å². The van der Waals surface area contributed by atoms with Gasteiger partial charge in [0.2, 0.25) is 5.91 Å². The highest BCUT2D eigenvalue weighted by Gasteiger charge is 2.75. The Morgan fingerprint density at radius 2 is 2.03 bits per heavy atom. The molecule has 196 valence electrons. The number of hydrogen-bond donors (Lipinski definition) is 1. The number of fused-ring (bicyclic) bond motifs is 1. The lowest BCUT2D eigenvalue weighted by Crippen LogP contribution is -2.58. The summed E-state index contributed by atoms with van der Waals surface area (Å²) in [5, 5.41) is 10.3. The minimum absolute atomic E-state index is 0.0593. The van der Waals surface area contributed by atoms with Crippen molar-refractivity contribution in [2.75, 3.05) is 31.8 Å². The first-order valence-corrected chi connectivity index (χ1v) is 13.5. The number of rotatable bonds is 10. The number of hydrogen-bond acceptors (Lipinski definition) is 7. The van der Waals surface area contributed by atoms with Crippen LogP contribution in [-0.2, 0) is 19.1 Å². The molecule has 0 radical (unpaired) electrons. The van der Waals surface area contributed by atoms with Crippen LogP contribution >= 0.6 is 11.8 Å². The third-order valence-corrected chi connectivity index (χ3v) is 9.76. The maximum absolute atomic E-state index is 14.5. The molecule has 2 bridgehead atoms. The van der Waals surface area contributed by atoms with E-state index in [-0.39, 0.29) is 48.7 Å². The fourth-order valence-electron chi connectivity index (χ4n) is 6.22. The van der Waals surface area contributed by atoms with E-state index >= 15 is 0 Å². The normalized spacial score (nSPS) is 29.3. The summed E-state index contributed by atoms with van der Waals surface area (Å²) in [6, 6.07) is 5.83. The van der Waals surface area contributed by atoms with E-state index in [1.807, 2.05) is 26.0 Å². The first-order valence-electron chi connectivity index (χ1n) is 12.6. The fourth-order valence-corrected chi connectivity index (χ4v) is 8.40. The maximum Gasteiger partial charge on any atom is 0.310 e. The second-order valence-electron chi connectivity index (χ2n) is 9.98. The molecule has 3 aliphatic rings. The number of thioether (sulfide) groups is 1. The van der Waals surface area contributed by atoms with Crippen LogP contribution < -0.4 is 9.64 Å². The zero-order valence-corrected chi connectivity index (χ0v) is 22.2. The number of benzene rings is 1. The Hall–Kier alpha value is -2.52. The molecule has 3 aliphatic heterocycles. The Labute approximate surface area is 217 Å². The number of aliphatic hydroxyl groups excluding tert-OH is 1. The maximum atomic E-state index is 14.5. The van der Waals surface area contributed by atoms with E-state index in [1.165, 1.54) is 0 Å². The van der Waals surface area contributed by atoms with Crippen LogP contribution in [0.15, 0.2) is 36.9 Å². The molecule has 9 heteroatoms. The number of carbonyl (C=O) groups excluding carboxylic acids is 3. The molecule has 36 heavy (non-hydrogen) atoms. The van der Waals surface area contributed by atoms with E-state index in [9.17, 15) is 19.5 Å². The molecule has 2 unspecified atom stereocenters. The summed E-state index contributed by atoms with van der Waals surface area (Å²) in [5.74, 6) is -1.48. The number of nitrogens with zero attached hydrogens (tertiary/aromatic N) is 2. The molecule has 1 spiro atoms. The van der Waals surface area contributed by atoms with Gasteiger partial charge in [-0.1, -0.05) is 19.9 Å². The number of esters is 1. The molecule has 1 N–H and O–H groups in total. The van der Waals surface area contributed by atoms with Crippen molar-refractivity contribution < 1.29 is 29.0 Å². The number of anilines is 1. The molecule has 0 aliphatic carbocycles. The zero-order valence-electron chi connectivity index (χ0n) is 21.4. The number of amides is 2. The monoisotopic (exact) mass is 516 g/mol. The first kappa shape index (κ1) is 26.5. The Morgan fingerprint density at radius 1 is 1.33 bits per heavy atom. The molecule has 2 amide bonds. The largest absolute Gasteiger partial charge is 0.497 e.